The lowest BCUT2D eigenvalue weighted by molar-refractivity contribution is -0.129. The normalized spacial score (nSPS) is 16.0. The number of nitrogens with one attached hydrogen (secondary N) is 1. The van der Waals surface area contributed by atoms with Crippen molar-refractivity contribution in [2.24, 2.45) is 5.92 Å². The van der Waals surface area contributed by atoms with Crippen molar-refractivity contribution in [2.75, 3.05) is 7.05 Å². The number of nitrogens with zero attached hydrogens (tertiary/aromatic N) is 2. The Balaban J connectivity index is 2.12. The van der Waals surface area contributed by atoms with E-state index in [1.165, 1.54) is 13.5 Å². The number of halogens is 1. The molecule has 1 saturated carbocycles. The van der Waals surface area contributed by atoms with Crippen LogP contribution in [-0.2, 0) is 4.79 Å². The molecule has 2 rings (SSSR count). The lowest BCUT2D eigenvalue weighted by Crippen LogP contribution is -2.47. The summed E-state index contributed by atoms with van der Waals surface area (Å²) in [7, 11) is 1.43. The molecule has 5 nitrogen and oxygen atoms in total. The Bertz CT molecular complexity index is 635. The predicted octanol–water partition coefficient (Wildman–Crippen LogP) is 3.46. The van der Waals surface area contributed by atoms with Crippen LogP contribution in [0.25, 0.3) is 0 Å². The van der Waals surface area contributed by atoms with E-state index in [0.29, 0.717) is 22.4 Å². The molecule has 1 aromatic carbocycles. The molecule has 0 aromatic heterocycles. The van der Waals surface area contributed by atoms with Crippen LogP contribution in [0.2, 0.25) is 0 Å². The number of amides is 2. The molecule has 0 heterocycles. The molecule has 1 aromatic rings. The lowest BCUT2D eigenvalue weighted by atomic mass is 9.84. The van der Waals surface area contributed by atoms with Crippen molar-refractivity contribution in [3.63, 3.8) is 0 Å². The smallest absolute Gasteiger partial charge is 0.257 e. The van der Waals surface area contributed by atoms with E-state index in [2.05, 4.69) is 21.2 Å². The van der Waals surface area contributed by atoms with Gasteiger partial charge in [0.15, 0.2) is 6.19 Å². The van der Waals surface area contributed by atoms with E-state index in [1.807, 2.05) is 12.3 Å². The molecule has 0 saturated heterocycles. The number of likely N-dealkylation sites (N-methyl/N-ethyl adjacent to an activating group) is 1. The van der Waals surface area contributed by atoms with Gasteiger partial charge in [-0.15, -0.1) is 0 Å². The minimum atomic E-state index is -0.669. The fourth-order valence-electron chi connectivity index (χ4n) is 3.14. The SMILES string of the molecule is CN(C#N)C(=O)[C@H](CC1CCCCC1)NC(=O)c1ccccc1Br. The van der Waals surface area contributed by atoms with Crippen LogP contribution in [0.15, 0.2) is 28.7 Å². The van der Waals surface area contributed by atoms with Gasteiger partial charge in [0.05, 0.1) is 5.56 Å². The minimum Gasteiger partial charge on any atom is -0.340 e. The number of hydrogen-bond acceptors (Lipinski definition) is 3. The Labute approximate surface area is 151 Å². The monoisotopic (exact) mass is 391 g/mol. The van der Waals surface area contributed by atoms with Gasteiger partial charge in [-0.2, -0.15) is 5.26 Å². The Morgan fingerprint density at radius 1 is 1.33 bits per heavy atom. The highest BCUT2D eigenvalue weighted by atomic mass is 79.9. The quantitative estimate of drug-likeness (QED) is 0.616. The van der Waals surface area contributed by atoms with Crippen molar-refractivity contribution < 1.29 is 9.59 Å². The predicted molar refractivity (Wildman–Crippen MR) is 95.0 cm³/mol. The molecule has 0 spiro atoms. The molecule has 0 aliphatic heterocycles. The van der Waals surface area contributed by atoms with E-state index in [9.17, 15) is 9.59 Å². The van der Waals surface area contributed by atoms with E-state index in [1.54, 1.807) is 18.2 Å². The van der Waals surface area contributed by atoms with Crippen molar-refractivity contribution >= 4 is 27.7 Å². The maximum atomic E-state index is 12.5. The third-order valence-electron chi connectivity index (χ3n) is 4.50. The summed E-state index contributed by atoms with van der Waals surface area (Å²) in [5, 5.41) is 11.8. The fraction of sp³-hybridized carbons (Fsp3) is 0.500. The van der Waals surface area contributed by atoms with Crippen LogP contribution in [0.1, 0.15) is 48.9 Å². The Kier molecular flexibility index (Phi) is 6.80. The third kappa shape index (κ3) is 4.81. The number of benzene rings is 1. The number of nitriles is 1. The maximum Gasteiger partial charge on any atom is 0.257 e. The van der Waals surface area contributed by atoms with Gasteiger partial charge in [0, 0.05) is 11.5 Å². The average molecular weight is 392 g/mol. The number of rotatable bonds is 5. The second-order valence-corrected chi connectivity index (χ2v) is 7.10. The van der Waals surface area contributed by atoms with Crippen LogP contribution in [-0.4, -0.2) is 29.8 Å². The first kappa shape index (κ1) is 18.5. The van der Waals surface area contributed by atoms with Crippen molar-refractivity contribution in [2.45, 2.75) is 44.6 Å². The number of hydrogen-bond donors (Lipinski definition) is 1. The Morgan fingerprint density at radius 2 is 2.00 bits per heavy atom. The van der Waals surface area contributed by atoms with Crippen LogP contribution in [0.4, 0.5) is 0 Å². The molecular formula is C18H22BrN3O2. The van der Waals surface area contributed by atoms with Gasteiger partial charge in [-0.25, -0.2) is 0 Å². The first-order valence-corrected chi connectivity index (χ1v) is 9.05. The summed E-state index contributed by atoms with van der Waals surface area (Å²) in [6.45, 7) is 0. The number of carbonyl (C=O) groups is 2. The molecule has 1 N–H and O–H groups in total. The highest BCUT2D eigenvalue weighted by Gasteiger charge is 2.28. The topological polar surface area (TPSA) is 73.2 Å². The third-order valence-corrected chi connectivity index (χ3v) is 5.19. The molecule has 24 heavy (non-hydrogen) atoms. The second-order valence-electron chi connectivity index (χ2n) is 6.24. The first-order chi connectivity index (χ1) is 11.5. The summed E-state index contributed by atoms with van der Waals surface area (Å²) < 4.78 is 0.681. The van der Waals surface area contributed by atoms with Crippen LogP contribution < -0.4 is 5.32 Å². The summed E-state index contributed by atoms with van der Waals surface area (Å²) >= 11 is 3.36. The van der Waals surface area contributed by atoms with Gasteiger partial charge in [0.1, 0.15) is 6.04 Å². The van der Waals surface area contributed by atoms with Gasteiger partial charge in [0.2, 0.25) is 0 Å². The minimum absolute atomic E-state index is 0.303. The van der Waals surface area contributed by atoms with Crippen molar-refractivity contribution in [1.29, 1.82) is 5.26 Å². The van der Waals surface area contributed by atoms with Crippen LogP contribution >= 0.6 is 15.9 Å². The zero-order chi connectivity index (χ0) is 17.5. The summed E-state index contributed by atoms with van der Waals surface area (Å²) in [6, 6.07) is 6.43. The molecule has 6 heteroatoms. The zero-order valence-corrected chi connectivity index (χ0v) is 15.4. The largest absolute Gasteiger partial charge is 0.340 e. The second kappa shape index (κ2) is 8.84. The van der Waals surface area contributed by atoms with Crippen molar-refractivity contribution in [3.05, 3.63) is 34.3 Å². The standard InChI is InChI=1S/C18H22BrN3O2/c1-22(12-20)18(24)16(11-13-7-3-2-4-8-13)21-17(23)14-9-5-6-10-15(14)19/h5-6,9-10,13,16H,2-4,7-8,11H2,1H3,(H,21,23)/t16-/m0/s1. The van der Waals surface area contributed by atoms with Gasteiger partial charge in [-0.1, -0.05) is 44.2 Å². The molecular weight excluding hydrogens is 370 g/mol. The average Bonchev–Trinajstić information content (AvgIpc) is 2.61. The fourth-order valence-corrected chi connectivity index (χ4v) is 3.61. The zero-order valence-electron chi connectivity index (χ0n) is 13.8. The molecule has 1 atom stereocenters. The summed E-state index contributed by atoms with van der Waals surface area (Å²) in [6.07, 6.45) is 8.12. The van der Waals surface area contributed by atoms with Gasteiger partial charge in [0.25, 0.3) is 11.8 Å². The molecule has 1 aliphatic rings. The van der Waals surface area contributed by atoms with E-state index in [4.69, 9.17) is 5.26 Å². The maximum absolute atomic E-state index is 12.5. The van der Waals surface area contributed by atoms with Crippen LogP contribution in [0, 0.1) is 17.4 Å². The van der Waals surface area contributed by atoms with E-state index >= 15 is 0 Å². The molecule has 0 unspecified atom stereocenters. The first-order valence-electron chi connectivity index (χ1n) is 8.25. The van der Waals surface area contributed by atoms with E-state index < -0.39 is 6.04 Å². The van der Waals surface area contributed by atoms with Gasteiger partial charge in [-0.05, 0) is 40.4 Å². The summed E-state index contributed by atoms with van der Waals surface area (Å²) in [5.74, 6) is -0.245. The Hall–Kier alpha value is -1.87. The van der Waals surface area contributed by atoms with Crippen LogP contribution in [0.5, 0.6) is 0 Å². The van der Waals surface area contributed by atoms with E-state index in [-0.39, 0.29) is 11.8 Å². The molecule has 128 valence electrons. The van der Waals surface area contributed by atoms with E-state index in [0.717, 1.165) is 30.6 Å². The molecule has 0 bridgehead atoms. The highest BCUT2D eigenvalue weighted by Crippen LogP contribution is 2.28. The molecule has 2 amide bonds. The van der Waals surface area contributed by atoms with Crippen molar-refractivity contribution in [1.82, 2.24) is 10.2 Å². The Morgan fingerprint density at radius 3 is 2.62 bits per heavy atom. The summed E-state index contributed by atoms with van der Waals surface area (Å²) in [5.41, 5.74) is 0.485. The van der Waals surface area contributed by atoms with Gasteiger partial charge >= 0.3 is 0 Å². The molecule has 1 aliphatic carbocycles. The van der Waals surface area contributed by atoms with Gasteiger partial charge < -0.3 is 5.32 Å². The van der Waals surface area contributed by atoms with Crippen LogP contribution in [0.3, 0.4) is 0 Å². The lowest BCUT2D eigenvalue weighted by Gasteiger charge is -2.27. The van der Waals surface area contributed by atoms with Crippen molar-refractivity contribution in [3.8, 4) is 6.19 Å². The molecule has 1 fully saturated rings. The van der Waals surface area contributed by atoms with Gasteiger partial charge in [-0.3, -0.25) is 14.5 Å². The summed E-state index contributed by atoms with van der Waals surface area (Å²) in [4.78, 5) is 26.0. The number of carbonyl (C=O) groups excluding carboxylic acids is 2. The highest BCUT2D eigenvalue weighted by molar-refractivity contribution is 9.10. The molecule has 0 radical (unpaired) electrons.